The topological polar surface area (TPSA) is 84.9 Å². The fourth-order valence-corrected chi connectivity index (χ4v) is 5.53. The van der Waals surface area contributed by atoms with Crippen LogP contribution < -0.4 is 19.1 Å². The number of sulfonamides is 1. The molecule has 0 heterocycles. The maximum absolute atomic E-state index is 13.2. The van der Waals surface area contributed by atoms with Gasteiger partial charge in [0, 0.05) is 18.7 Å². The van der Waals surface area contributed by atoms with E-state index in [9.17, 15) is 13.2 Å². The lowest BCUT2D eigenvalue weighted by Gasteiger charge is -2.21. The lowest BCUT2D eigenvalue weighted by Crippen LogP contribution is -2.28. The highest BCUT2D eigenvalue weighted by Gasteiger charge is 2.23. The molecule has 0 aromatic heterocycles. The number of fused-ring (bicyclic) bond motifs is 1. The van der Waals surface area contributed by atoms with Crippen molar-refractivity contribution in [1.29, 1.82) is 0 Å². The molecule has 0 spiro atoms. The summed E-state index contributed by atoms with van der Waals surface area (Å²) in [5.41, 5.74) is 4.74. The molecule has 184 valence electrons. The van der Waals surface area contributed by atoms with Crippen molar-refractivity contribution in [2.75, 3.05) is 25.6 Å². The molecule has 7 nitrogen and oxygen atoms in total. The van der Waals surface area contributed by atoms with Crippen LogP contribution in [-0.2, 0) is 22.9 Å². The molecule has 0 fully saturated rings. The molecule has 1 atom stereocenters. The molecule has 35 heavy (non-hydrogen) atoms. The molecular weight excluding hydrogens is 464 g/mol. The minimum Gasteiger partial charge on any atom is -0.493 e. The number of hydrogen-bond donors (Lipinski definition) is 1. The second-order valence-corrected chi connectivity index (χ2v) is 10.6. The summed E-state index contributed by atoms with van der Waals surface area (Å²) in [6, 6.07) is 17.2. The van der Waals surface area contributed by atoms with E-state index in [1.54, 1.807) is 30.3 Å². The van der Waals surface area contributed by atoms with E-state index in [0.717, 1.165) is 18.4 Å². The fraction of sp³-hybridized carbons (Fsp3) is 0.296. The minimum absolute atomic E-state index is 0.0719. The molecule has 0 saturated heterocycles. The Morgan fingerprint density at radius 3 is 2.29 bits per heavy atom. The second kappa shape index (κ2) is 10.00. The highest BCUT2D eigenvalue weighted by atomic mass is 32.2. The molecule has 1 aliphatic carbocycles. The Balaban J connectivity index is 1.47. The number of methoxy groups -OCH3 is 2. The largest absolute Gasteiger partial charge is 0.493 e. The van der Waals surface area contributed by atoms with Crippen molar-refractivity contribution in [2.24, 2.45) is 0 Å². The van der Waals surface area contributed by atoms with Crippen LogP contribution in [0.25, 0.3) is 0 Å². The summed E-state index contributed by atoms with van der Waals surface area (Å²) in [6.45, 7) is 1.96. The van der Waals surface area contributed by atoms with Gasteiger partial charge < -0.3 is 14.8 Å². The number of benzene rings is 3. The highest BCUT2D eigenvalue weighted by Crippen LogP contribution is 2.32. The highest BCUT2D eigenvalue weighted by molar-refractivity contribution is 7.92. The van der Waals surface area contributed by atoms with Gasteiger partial charge in [-0.1, -0.05) is 18.2 Å². The van der Waals surface area contributed by atoms with Crippen molar-refractivity contribution in [3.63, 3.8) is 0 Å². The molecule has 1 unspecified atom stereocenters. The first kappa shape index (κ1) is 24.6. The number of aryl methyl sites for hydroxylation is 2. The van der Waals surface area contributed by atoms with Crippen molar-refractivity contribution >= 4 is 21.6 Å². The van der Waals surface area contributed by atoms with Crippen LogP contribution in [0.4, 0.5) is 5.69 Å². The maximum atomic E-state index is 13.2. The molecule has 4 rings (SSSR count). The van der Waals surface area contributed by atoms with E-state index in [4.69, 9.17) is 9.47 Å². The van der Waals surface area contributed by atoms with Gasteiger partial charge in [-0.2, -0.15) is 0 Å². The summed E-state index contributed by atoms with van der Waals surface area (Å²) in [6.07, 6.45) is 3.39. The Morgan fingerprint density at radius 2 is 1.60 bits per heavy atom. The third kappa shape index (κ3) is 4.98. The van der Waals surface area contributed by atoms with Crippen LogP contribution >= 0.6 is 0 Å². The van der Waals surface area contributed by atoms with Gasteiger partial charge in [0.1, 0.15) is 0 Å². The van der Waals surface area contributed by atoms with Crippen molar-refractivity contribution in [2.45, 2.75) is 37.1 Å². The van der Waals surface area contributed by atoms with Crippen LogP contribution in [0.5, 0.6) is 11.5 Å². The Kier molecular flexibility index (Phi) is 7.03. The van der Waals surface area contributed by atoms with Crippen molar-refractivity contribution in [3.8, 4) is 11.5 Å². The number of nitrogens with one attached hydrogen (secondary N) is 1. The number of hydrogen-bond acceptors (Lipinski definition) is 5. The second-order valence-electron chi connectivity index (χ2n) is 8.61. The number of ether oxygens (including phenoxy) is 2. The van der Waals surface area contributed by atoms with E-state index in [2.05, 4.69) is 23.5 Å². The Hall–Kier alpha value is -3.52. The molecule has 1 amide bonds. The van der Waals surface area contributed by atoms with Crippen LogP contribution in [0.3, 0.4) is 0 Å². The molecule has 1 aliphatic rings. The summed E-state index contributed by atoms with van der Waals surface area (Å²) in [5, 5.41) is 3.04. The first-order valence-corrected chi connectivity index (χ1v) is 12.9. The molecule has 0 bridgehead atoms. The minimum atomic E-state index is -3.85. The zero-order valence-electron chi connectivity index (χ0n) is 20.4. The number of nitrogens with zero attached hydrogens (tertiary/aromatic N) is 1. The molecule has 0 radical (unpaired) electrons. The maximum Gasteiger partial charge on any atom is 0.264 e. The molecule has 8 heteroatoms. The number of carbonyl (C=O) groups is 1. The third-order valence-electron chi connectivity index (χ3n) is 6.48. The van der Waals surface area contributed by atoms with Crippen molar-refractivity contribution < 1.29 is 22.7 Å². The fourth-order valence-electron chi connectivity index (χ4n) is 4.32. The number of amides is 1. The Morgan fingerprint density at radius 1 is 0.914 bits per heavy atom. The molecule has 3 aromatic rings. The monoisotopic (exact) mass is 494 g/mol. The van der Waals surface area contributed by atoms with Crippen LogP contribution in [0.1, 0.15) is 46.4 Å². The average molecular weight is 495 g/mol. The predicted octanol–water partition coefficient (Wildman–Crippen LogP) is 4.51. The van der Waals surface area contributed by atoms with Crippen molar-refractivity contribution in [1.82, 2.24) is 5.32 Å². The SMILES string of the molecule is COc1ccc(S(=O)(=O)N(C)c2ccc(C(=O)NC(C)c3ccc4c(c3)CCC4)cc2)cc1OC. The quantitative estimate of drug-likeness (QED) is 0.498. The molecule has 3 aromatic carbocycles. The average Bonchev–Trinajstić information content (AvgIpc) is 3.35. The number of rotatable bonds is 8. The first-order chi connectivity index (χ1) is 16.7. The van der Waals surface area contributed by atoms with Gasteiger partial charge in [-0.25, -0.2) is 8.42 Å². The van der Waals surface area contributed by atoms with Gasteiger partial charge in [-0.15, -0.1) is 0 Å². The normalized spacial score (nSPS) is 13.6. The summed E-state index contributed by atoms with van der Waals surface area (Å²) >= 11 is 0. The van der Waals surface area contributed by atoms with E-state index in [-0.39, 0.29) is 16.8 Å². The Bertz CT molecular complexity index is 1340. The number of carbonyl (C=O) groups excluding carboxylic acids is 1. The zero-order valence-corrected chi connectivity index (χ0v) is 21.2. The van der Waals surface area contributed by atoms with Crippen LogP contribution in [-0.4, -0.2) is 35.6 Å². The zero-order chi connectivity index (χ0) is 25.2. The lowest BCUT2D eigenvalue weighted by atomic mass is 10.0. The summed E-state index contributed by atoms with van der Waals surface area (Å²) in [7, 11) is 0.563. The standard InChI is InChI=1S/C27H30N2O5S/c1-18(21-9-8-19-6-5-7-22(19)16-21)28-27(30)20-10-12-23(13-11-20)29(2)35(31,32)24-14-15-25(33-3)26(17-24)34-4/h8-18H,5-7H2,1-4H3,(H,28,30). The Labute approximate surface area is 206 Å². The van der Waals surface area contributed by atoms with Gasteiger partial charge in [-0.3, -0.25) is 9.10 Å². The van der Waals surface area contributed by atoms with E-state index in [1.807, 2.05) is 6.92 Å². The van der Waals surface area contributed by atoms with Gasteiger partial charge in [0.15, 0.2) is 11.5 Å². The van der Waals surface area contributed by atoms with E-state index in [1.165, 1.54) is 55.3 Å². The van der Waals surface area contributed by atoms with Gasteiger partial charge >= 0.3 is 0 Å². The summed E-state index contributed by atoms with van der Waals surface area (Å²) < 4.78 is 37.9. The predicted molar refractivity (Wildman–Crippen MR) is 136 cm³/mol. The van der Waals surface area contributed by atoms with Crippen LogP contribution in [0.2, 0.25) is 0 Å². The van der Waals surface area contributed by atoms with Crippen LogP contribution in [0, 0.1) is 0 Å². The van der Waals surface area contributed by atoms with Crippen LogP contribution in [0.15, 0.2) is 65.6 Å². The summed E-state index contributed by atoms with van der Waals surface area (Å²) in [4.78, 5) is 12.9. The smallest absolute Gasteiger partial charge is 0.264 e. The van der Waals surface area contributed by atoms with E-state index in [0.29, 0.717) is 22.7 Å². The van der Waals surface area contributed by atoms with Gasteiger partial charge in [0.25, 0.3) is 15.9 Å². The van der Waals surface area contributed by atoms with Crippen molar-refractivity contribution in [3.05, 3.63) is 82.9 Å². The summed E-state index contributed by atoms with van der Waals surface area (Å²) in [5.74, 6) is 0.556. The third-order valence-corrected chi connectivity index (χ3v) is 8.26. The first-order valence-electron chi connectivity index (χ1n) is 11.5. The lowest BCUT2D eigenvalue weighted by molar-refractivity contribution is 0.0940. The molecule has 0 saturated carbocycles. The van der Waals surface area contributed by atoms with E-state index < -0.39 is 10.0 Å². The van der Waals surface area contributed by atoms with Gasteiger partial charge in [0.05, 0.1) is 30.8 Å². The molecule has 0 aliphatic heterocycles. The number of anilines is 1. The van der Waals surface area contributed by atoms with Gasteiger partial charge in [0.2, 0.25) is 0 Å². The molecule has 1 N–H and O–H groups in total. The van der Waals surface area contributed by atoms with Gasteiger partial charge in [-0.05, 0) is 79.3 Å². The molecular formula is C27H30N2O5S. The van der Waals surface area contributed by atoms with E-state index >= 15 is 0 Å².